The Morgan fingerprint density at radius 2 is 0.968 bits per heavy atom. The molecule has 1 unspecified atom stereocenters. The zero-order chi connectivity index (χ0) is 22.5. The van der Waals surface area contributed by atoms with E-state index >= 15 is 0 Å². The van der Waals surface area contributed by atoms with Crippen LogP contribution in [0.4, 0.5) is 0 Å². The summed E-state index contributed by atoms with van der Waals surface area (Å²) in [4.78, 5) is 0. The SMILES string of the molecule is CCCCc1cccc(C(CP)c2cccc(CCCC)c2CCCC)c1CCCC. The minimum atomic E-state index is 0.492. The normalized spacial score (nSPS) is 11.4. The molecule has 1 heteroatoms. The molecule has 0 bridgehead atoms. The van der Waals surface area contributed by atoms with E-state index < -0.39 is 0 Å². The van der Waals surface area contributed by atoms with Crippen LogP contribution in [0.5, 0.6) is 0 Å². The highest BCUT2D eigenvalue weighted by atomic mass is 31.0. The Morgan fingerprint density at radius 1 is 0.581 bits per heavy atom. The van der Waals surface area contributed by atoms with E-state index in [1.807, 2.05) is 0 Å². The van der Waals surface area contributed by atoms with E-state index in [-0.39, 0.29) is 0 Å². The van der Waals surface area contributed by atoms with Crippen LogP contribution in [0, 0.1) is 0 Å². The fourth-order valence-electron chi connectivity index (χ4n) is 4.90. The maximum atomic E-state index is 3.09. The van der Waals surface area contributed by atoms with Crippen LogP contribution in [0.2, 0.25) is 0 Å². The van der Waals surface area contributed by atoms with Crippen molar-refractivity contribution in [3.05, 3.63) is 69.8 Å². The van der Waals surface area contributed by atoms with Crippen LogP contribution in [0.15, 0.2) is 36.4 Å². The first kappa shape index (κ1) is 26.1. The van der Waals surface area contributed by atoms with Gasteiger partial charge in [0.1, 0.15) is 0 Å². The molecule has 0 saturated carbocycles. The molecule has 2 rings (SSSR count). The minimum Gasteiger partial charge on any atom is -0.137 e. The first-order valence-electron chi connectivity index (χ1n) is 13.1. The summed E-state index contributed by atoms with van der Waals surface area (Å²) in [5.74, 6) is 0.492. The van der Waals surface area contributed by atoms with Gasteiger partial charge in [-0.3, -0.25) is 0 Å². The largest absolute Gasteiger partial charge is 0.137 e. The van der Waals surface area contributed by atoms with E-state index in [1.54, 1.807) is 33.4 Å². The third-order valence-electron chi connectivity index (χ3n) is 6.77. The Kier molecular flexibility index (Phi) is 12.5. The van der Waals surface area contributed by atoms with Crippen LogP contribution in [0.25, 0.3) is 0 Å². The summed E-state index contributed by atoms with van der Waals surface area (Å²) in [5, 5.41) is 0. The van der Waals surface area contributed by atoms with Gasteiger partial charge >= 0.3 is 0 Å². The molecule has 0 spiro atoms. The molecule has 0 radical (unpaired) electrons. The fourth-order valence-corrected chi connectivity index (χ4v) is 5.41. The summed E-state index contributed by atoms with van der Waals surface area (Å²) in [7, 11) is 3.09. The van der Waals surface area contributed by atoms with Crippen molar-refractivity contribution in [3.63, 3.8) is 0 Å². The van der Waals surface area contributed by atoms with Gasteiger partial charge in [0.25, 0.3) is 0 Å². The Balaban J connectivity index is 2.55. The average molecular weight is 439 g/mol. The molecular weight excluding hydrogens is 391 g/mol. The Hall–Kier alpha value is -1.13. The summed E-state index contributed by atoms with van der Waals surface area (Å²) in [5.41, 5.74) is 9.73. The third-order valence-corrected chi connectivity index (χ3v) is 7.24. The van der Waals surface area contributed by atoms with E-state index in [1.165, 1.54) is 77.0 Å². The van der Waals surface area contributed by atoms with Crippen molar-refractivity contribution < 1.29 is 0 Å². The van der Waals surface area contributed by atoms with E-state index in [4.69, 9.17) is 0 Å². The third kappa shape index (κ3) is 7.46. The second-order valence-corrected chi connectivity index (χ2v) is 9.64. The number of aryl methyl sites for hydroxylation is 2. The van der Waals surface area contributed by atoms with Crippen LogP contribution in [-0.2, 0) is 25.7 Å². The van der Waals surface area contributed by atoms with E-state index in [2.05, 4.69) is 73.3 Å². The standard InChI is InChI=1S/C30H47P/c1-5-9-15-24-17-13-21-28(26(24)19-11-7-3)30(23-31)29-22-14-18-25(16-10-6-2)27(29)20-12-8-4/h13-14,17-18,21-22,30H,5-12,15-16,19-20,23,31H2,1-4H3. The Labute approximate surface area is 195 Å². The average Bonchev–Trinajstić information content (AvgIpc) is 2.80. The predicted octanol–water partition coefficient (Wildman–Crippen LogP) is 9.06. The fraction of sp³-hybridized carbons (Fsp3) is 0.600. The van der Waals surface area contributed by atoms with Gasteiger partial charge in [0, 0.05) is 5.92 Å². The van der Waals surface area contributed by atoms with Crippen LogP contribution >= 0.6 is 9.24 Å². The summed E-state index contributed by atoms with van der Waals surface area (Å²) in [6.07, 6.45) is 16.3. The molecule has 0 aliphatic carbocycles. The molecule has 2 aromatic rings. The summed E-state index contributed by atoms with van der Waals surface area (Å²) < 4.78 is 0. The lowest BCUT2D eigenvalue weighted by molar-refractivity contribution is 0.731. The van der Waals surface area contributed by atoms with Gasteiger partial charge in [0.15, 0.2) is 0 Å². The van der Waals surface area contributed by atoms with Crippen molar-refractivity contribution in [2.75, 3.05) is 6.16 Å². The van der Waals surface area contributed by atoms with Crippen LogP contribution in [0.3, 0.4) is 0 Å². The zero-order valence-corrected chi connectivity index (χ0v) is 22.0. The van der Waals surface area contributed by atoms with Gasteiger partial charge in [-0.15, -0.1) is 9.24 Å². The zero-order valence-electron chi connectivity index (χ0n) is 20.8. The van der Waals surface area contributed by atoms with Gasteiger partial charge in [-0.1, -0.05) is 89.8 Å². The van der Waals surface area contributed by atoms with Crippen LogP contribution in [-0.4, -0.2) is 6.16 Å². The maximum absolute atomic E-state index is 3.09. The lowest BCUT2D eigenvalue weighted by Crippen LogP contribution is -2.12. The monoisotopic (exact) mass is 438 g/mol. The Bertz CT molecular complexity index is 698. The number of benzene rings is 2. The van der Waals surface area contributed by atoms with E-state index in [9.17, 15) is 0 Å². The van der Waals surface area contributed by atoms with Crippen molar-refractivity contribution in [1.82, 2.24) is 0 Å². The molecule has 0 aromatic heterocycles. The highest BCUT2D eigenvalue weighted by molar-refractivity contribution is 7.16. The predicted molar refractivity (Wildman–Crippen MR) is 144 cm³/mol. The second kappa shape index (κ2) is 14.8. The number of hydrogen-bond acceptors (Lipinski definition) is 0. The molecule has 0 saturated heterocycles. The topological polar surface area (TPSA) is 0 Å². The van der Waals surface area contributed by atoms with Crippen molar-refractivity contribution in [2.24, 2.45) is 0 Å². The smallest absolute Gasteiger partial charge is 0.0129 e. The lowest BCUT2D eigenvalue weighted by atomic mass is 9.80. The van der Waals surface area contributed by atoms with Crippen LogP contribution < -0.4 is 0 Å². The highest BCUT2D eigenvalue weighted by Gasteiger charge is 2.21. The molecule has 0 heterocycles. The van der Waals surface area contributed by atoms with Gasteiger partial charge in [-0.2, -0.15) is 0 Å². The first-order chi connectivity index (χ1) is 15.2. The van der Waals surface area contributed by atoms with Crippen molar-refractivity contribution in [3.8, 4) is 0 Å². The molecule has 2 aromatic carbocycles. The molecule has 0 fully saturated rings. The Morgan fingerprint density at radius 3 is 1.32 bits per heavy atom. The maximum Gasteiger partial charge on any atom is 0.0129 e. The summed E-state index contributed by atoms with van der Waals surface area (Å²) in [6, 6.07) is 14.3. The van der Waals surface area contributed by atoms with Crippen molar-refractivity contribution >= 4 is 9.24 Å². The van der Waals surface area contributed by atoms with Gasteiger partial charge in [0.05, 0.1) is 0 Å². The molecule has 1 atom stereocenters. The lowest BCUT2D eigenvalue weighted by Gasteiger charge is -2.26. The number of unbranched alkanes of at least 4 members (excludes halogenated alkanes) is 4. The van der Waals surface area contributed by atoms with E-state index in [0.29, 0.717) is 5.92 Å². The molecule has 172 valence electrons. The molecular formula is C30H47P. The summed E-state index contributed by atoms with van der Waals surface area (Å²) in [6.45, 7) is 9.26. The first-order valence-corrected chi connectivity index (χ1v) is 13.9. The van der Waals surface area contributed by atoms with Crippen molar-refractivity contribution in [1.29, 1.82) is 0 Å². The van der Waals surface area contributed by atoms with Gasteiger partial charge in [0.2, 0.25) is 0 Å². The van der Waals surface area contributed by atoms with Crippen molar-refractivity contribution in [2.45, 2.75) is 111 Å². The molecule has 0 amide bonds. The van der Waals surface area contributed by atoms with Crippen LogP contribution in [0.1, 0.15) is 118 Å². The molecule has 0 nitrogen and oxygen atoms in total. The number of hydrogen-bond donors (Lipinski definition) is 0. The summed E-state index contributed by atoms with van der Waals surface area (Å²) >= 11 is 0. The minimum absolute atomic E-state index is 0.492. The van der Waals surface area contributed by atoms with Gasteiger partial charge < -0.3 is 0 Å². The molecule has 31 heavy (non-hydrogen) atoms. The number of rotatable bonds is 15. The molecule has 0 N–H and O–H groups in total. The van der Waals surface area contributed by atoms with E-state index in [0.717, 1.165) is 6.16 Å². The van der Waals surface area contributed by atoms with Gasteiger partial charge in [-0.05, 0) is 90.9 Å². The molecule has 0 aliphatic rings. The molecule has 0 aliphatic heterocycles. The highest BCUT2D eigenvalue weighted by Crippen LogP contribution is 2.36. The second-order valence-electron chi connectivity index (χ2n) is 9.17. The quantitative estimate of drug-likeness (QED) is 0.243. The van der Waals surface area contributed by atoms with Gasteiger partial charge in [-0.25, -0.2) is 0 Å².